The summed E-state index contributed by atoms with van der Waals surface area (Å²) < 4.78 is 9.82. The second-order valence-electron chi connectivity index (χ2n) is 32.1. The molecule has 0 aliphatic heterocycles. The van der Waals surface area contributed by atoms with Crippen molar-refractivity contribution >= 4 is 152 Å². The van der Waals surface area contributed by atoms with Gasteiger partial charge in [0, 0.05) is 98.3 Å². The summed E-state index contributed by atoms with van der Waals surface area (Å²) in [6.45, 7) is 0. The second kappa shape index (κ2) is 28.5. The number of hydrogen-bond donors (Lipinski definition) is 0. The molecule has 6 aromatic heterocycles. The van der Waals surface area contributed by atoms with Crippen LogP contribution in [0.2, 0.25) is 0 Å². The minimum Gasteiger partial charge on any atom is -0.309 e. The van der Waals surface area contributed by atoms with E-state index < -0.39 is 0 Å². The topological polar surface area (TPSA) is 97.1 Å². The quantitative estimate of drug-likeness (QED) is 0.135. The first-order chi connectivity index (χ1) is 61.4. The number of rotatable bonds is 10. The van der Waals surface area contributed by atoms with Crippen molar-refractivity contribution in [1.29, 1.82) is 0 Å². The Kier molecular flexibility index (Phi) is 16.1. The highest BCUT2D eigenvalue weighted by atomic mass is 15.1. The summed E-state index contributed by atoms with van der Waals surface area (Å²) in [5.74, 6) is 3.85. The van der Waals surface area contributed by atoms with Crippen molar-refractivity contribution in [2.45, 2.75) is 0 Å². The van der Waals surface area contributed by atoms with E-state index in [1.807, 2.05) is 78.9 Å². The summed E-state index contributed by atoms with van der Waals surface area (Å²) in [5, 5.41) is 24.0. The standard InChI is InChI=1S/2C57H35N5/c1-3-16-37(17-4-1)55-58-56(38-18-5-2-6-19-38)60-57(59-55)42-29-30-44-41(31-42)23-14-28-50(44)61-51-26-12-11-25-45(51)47-34-48-46-32-39-20-7-8-21-40(39)33-52(46)62(54(48)35-53(47)61)49-27-13-22-36-15-9-10-24-43(36)49;1-3-15-37(16-4-1)55-58-56(42-27-26-36-14-7-8-17-38(36)30-42)60-57(59-55)43-28-29-45-41(31-43)20-13-25-50(45)62-51-24-12-11-23-46(51)48-34-49-47-32-39-18-9-10-19-40(39)33-52(47)61(53(49)35-54(48)62)44-21-5-2-6-22-44/h2*1-35H. The zero-order chi connectivity index (χ0) is 81.5. The van der Waals surface area contributed by atoms with Crippen LogP contribution in [0.15, 0.2) is 425 Å². The third-order valence-electron chi connectivity index (χ3n) is 25.0. The third-order valence-corrected chi connectivity index (χ3v) is 25.0. The Morgan fingerprint density at radius 3 is 0.847 bits per heavy atom. The van der Waals surface area contributed by atoms with E-state index in [1.54, 1.807) is 0 Å². The lowest BCUT2D eigenvalue weighted by Crippen LogP contribution is -2.00. The van der Waals surface area contributed by atoms with Gasteiger partial charge in [0.2, 0.25) is 0 Å². The molecule has 0 amide bonds. The molecule has 0 bridgehead atoms. The lowest BCUT2D eigenvalue weighted by molar-refractivity contribution is 1.07. The van der Waals surface area contributed by atoms with Gasteiger partial charge in [-0.15, -0.1) is 0 Å². The lowest BCUT2D eigenvalue weighted by Gasteiger charge is -2.14. The van der Waals surface area contributed by atoms with Crippen LogP contribution in [0.25, 0.3) is 243 Å². The highest BCUT2D eigenvalue weighted by molar-refractivity contribution is 6.24. The molecule has 0 radical (unpaired) electrons. The van der Waals surface area contributed by atoms with Crippen molar-refractivity contribution in [3.8, 4) is 91.1 Å². The van der Waals surface area contributed by atoms with Gasteiger partial charge in [-0.1, -0.05) is 315 Å². The molecule has 0 aliphatic rings. The lowest BCUT2D eigenvalue weighted by atomic mass is 10.0. The van der Waals surface area contributed by atoms with Crippen LogP contribution in [0, 0.1) is 0 Å². The van der Waals surface area contributed by atoms with E-state index in [4.69, 9.17) is 29.9 Å². The van der Waals surface area contributed by atoms with Crippen LogP contribution >= 0.6 is 0 Å². The largest absolute Gasteiger partial charge is 0.309 e. The molecular formula is C114H70N10. The number of fused-ring (bicyclic) bond motifs is 18. The molecule has 0 aliphatic carbocycles. The fourth-order valence-electron chi connectivity index (χ4n) is 19.2. The molecule has 0 unspecified atom stereocenters. The number of benzene rings is 20. The van der Waals surface area contributed by atoms with Gasteiger partial charge in [0.15, 0.2) is 34.9 Å². The predicted octanol–water partition coefficient (Wildman–Crippen LogP) is 29.1. The molecule has 0 saturated heterocycles. The van der Waals surface area contributed by atoms with Crippen LogP contribution in [0.3, 0.4) is 0 Å². The van der Waals surface area contributed by atoms with E-state index in [9.17, 15) is 0 Å². The van der Waals surface area contributed by atoms with Crippen LogP contribution < -0.4 is 0 Å². The molecule has 6 heterocycles. The van der Waals surface area contributed by atoms with Crippen molar-refractivity contribution < 1.29 is 0 Å². The number of hydrogen-bond acceptors (Lipinski definition) is 6. The van der Waals surface area contributed by atoms with Crippen molar-refractivity contribution in [2.75, 3.05) is 0 Å². The highest BCUT2D eigenvalue weighted by Gasteiger charge is 2.25. The van der Waals surface area contributed by atoms with Gasteiger partial charge >= 0.3 is 0 Å². The van der Waals surface area contributed by atoms with Gasteiger partial charge in [-0.3, -0.25) is 0 Å². The van der Waals surface area contributed by atoms with Crippen LogP contribution in [0.4, 0.5) is 0 Å². The average Bonchev–Trinajstić information content (AvgIpc) is 1.55. The number of aromatic nitrogens is 10. The normalized spacial score (nSPS) is 11.9. The van der Waals surface area contributed by atoms with Crippen molar-refractivity contribution in [3.05, 3.63) is 425 Å². The van der Waals surface area contributed by atoms with Crippen LogP contribution in [0.1, 0.15) is 0 Å². The SMILES string of the molecule is c1ccc(-c2nc(-c3ccc4ccccc4c3)nc(-c3ccc4c(-n5c6ccccc6c6cc7c8cc9ccccc9cc8n(-c8ccccc8)c7cc65)cccc4c3)n2)cc1.c1ccc(-c2nc(-c3ccccc3)nc(-c3ccc4c(-n5c6ccccc6c6cc7c8cc9ccccc9cc8n(-c8cccc9ccccc89)c7cc65)cccc4c3)n2)cc1. The minimum absolute atomic E-state index is 0.634. The van der Waals surface area contributed by atoms with Gasteiger partial charge in [0.25, 0.3) is 0 Å². The Morgan fingerprint density at radius 1 is 0.129 bits per heavy atom. The first-order valence-electron chi connectivity index (χ1n) is 42.0. The first kappa shape index (κ1) is 70.2. The van der Waals surface area contributed by atoms with Gasteiger partial charge in [-0.2, -0.15) is 0 Å². The van der Waals surface area contributed by atoms with Gasteiger partial charge in [0.05, 0.1) is 61.2 Å². The Hall–Kier alpha value is -16.8. The fourth-order valence-corrected chi connectivity index (χ4v) is 19.2. The molecule has 0 N–H and O–H groups in total. The third kappa shape index (κ3) is 11.6. The number of para-hydroxylation sites is 3. The Labute approximate surface area is 711 Å². The maximum absolute atomic E-state index is 5.14. The van der Waals surface area contributed by atoms with Crippen molar-refractivity contribution in [3.63, 3.8) is 0 Å². The van der Waals surface area contributed by atoms with E-state index in [2.05, 4.69) is 364 Å². The van der Waals surface area contributed by atoms with Crippen molar-refractivity contribution in [2.24, 2.45) is 0 Å². The molecule has 26 aromatic rings. The maximum Gasteiger partial charge on any atom is 0.164 e. The monoisotopic (exact) mass is 1580 g/mol. The van der Waals surface area contributed by atoms with Gasteiger partial charge in [0.1, 0.15) is 0 Å². The summed E-state index contributed by atoms with van der Waals surface area (Å²) in [6, 6.07) is 152. The minimum atomic E-state index is 0.634. The van der Waals surface area contributed by atoms with E-state index in [0.29, 0.717) is 34.9 Å². The Morgan fingerprint density at radius 2 is 0.403 bits per heavy atom. The van der Waals surface area contributed by atoms with Crippen LogP contribution in [-0.4, -0.2) is 48.2 Å². The van der Waals surface area contributed by atoms with Crippen LogP contribution in [-0.2, 0) is 0 Å². The zero-order valence-corrected chi connectivity index (χ0v) is 66.9. The summed E-state index contributed by atoms with van der Waals surface area (Å²) >= 11 is 0. The molecule has 124 heavy (non-hydrogen) atoms. The summed E-state index contributed by atoms with van der Waals surface area (Å²) in [7, 11) is 0. The maximum atomic E-state index is 5.14. The second-order valence-corrected chi connectivity index (χ2v) is 32.1. The van der Waals surface area contributed by atoms with Crippen LogP contribution in [0.5, 0.6) is 0 Å². The highest BCUT2D eigenvalue weighted by Crippen LogP contribution is 2.46. The Balaban J connectivity index is 0.000000136. The van der Waals surface area contributed by atoms with Gasteiger partial charge in [-0.05, 0) is 158 Å². The molecule has 576 valence electrons. The molecule has 0 spiro atoms. The number of nitrogens with zero attached hydrogens (tertiary/aromatic N) is 10. The zero-order valence-electron chi connectivity index (χ0n) is 66.9. The molecule has 10 heteroatoms. The molecule has 26 rings (SSSR count). The predicted molar refractivity (Wildman–Crippen MR) is 515 cm³/mol. The average molecular weight is 1580 g/mol. The summed E-state index contributed by atoms with van der Waals surface area (Å²) in [4.78, 5) is 30.3. The molecular weight excluding hydrogens is 1510 g/mol. The molecule has 10 nitrogen and oxygen atoms in total. The van der Waals surface area contributed by atoms with Gasteiger partial charge in [-0.25, -0.2) is 29.9 Å². The molecule has 0 fully saturated rings. The van der Waals surface area contributed by atoms with E-state index in [-0.39, 0.29) is 0 Å². The van der Waals surface area contributed by atoms with Gasteiger partial charge < -0.3 is 18.3 Å². The first-order valence-corrected chi connectivity index (χ1v) is 42.0. The summed E-state index contributed by atoms with van der Waals surface area (Å²) in [6.07, 6.45) is 0. The molecule has 0 atom stereocenters. The molecule has 0 saturated carbocycles. The van der Waals surface area contributed by atoms with E-state index in [1.165, 1.54) is 109 Å². The summed E-state index contributed by atoms with van der Waals surface area (Å²) in [5.41, 5.74) is 19.6. The smallest absolute Gasteiger partial charge is 0.164 e. The molecule has 20 aromatic carbocycles. The Bertz CT molecular complexity index is 8810. The van der Waals surface area contributed by atoms with E-state index in [0.717, 1.165) is 99.4 Å². The fraction of sp³-hybridized carbons (Fsp3) is 0. The van der Waals surface area contributed by atoms with E-state index >= 15 is 0 Å². The van der Waals surface area contributed by atoms with Crippen molar-refractivity contribution in [1.82, 2.24) is 48.2 Å².